The Morgan fingerprint density at radius 1 is 1.28 bits per heavy atom. The van der Waals surface area contributed by atoms with Crippen molar-refractivity contribution in [1.29, 1.82) is 5.26 Å². The lowest BCUT2D eigenvalue weighted by molar-refractivity contribution is -0.122. The smallest absolute Gasteiger partial charge is 0.223 e. The van der Waals surface area contributed by atoms with Crippen LogP contribution in [0, 0.1) is 17.2 Å². The fourth-order valence-corrected chi connectivity index (χ4v) is 2.70. The van der Waals surface area contributed by atoms with Gasteiger partial charge in [-0.15, -0.1) is 0 Å². The molecule has 1 aliphatic rings. The van der Waals surface area contributed by atoms with Gasteiger partial charge in [0, 0.05) is 42.9 Å². The lowest BCUT2D eigenvalue weighted by atomic mass is 10.1. The van der Waals surface area contributed by atoms with Crippen LogP contribution in [0.2, 0.25) is 0 Å². The lowest BCUT2D eigenvalue weighted by Gasteiger charge is -2.06. The fourth-order valence-electron chi connectivity index (χ4n) is 2.70. The molecule has 6 nitrogen and oxygen atoms in total. The Morgan fingerprint density at radius 2 is 2.08 bits per heavy atom. The minimum atomic E-state index is 0.177. The maximum absolute atomic E-state index is 11.6. The topological polar surface area (TPSA) is 82.7 Å². The average molecular weight is 337 g/mol. The maximum atomic E-state index is 11.6. The zero-order chi connectivity index (χ0) is 17.5. The minimum absolute atomic E-state index is 0.177. The molecule has 1 aromatic carbocycles. The van der Waals surface area contributed by atoms with Crippen molar-refractivity contribution in [3.8, 4) is 17.3 Å². The zero-order valence-corrected chi connectivity index (χ0v) is 14.2. The zero-order valence-electron chi connectivity index (χ0n) is 14.2. The first-order chi connectivity index (χ1) is 12.3. The summed E-state index contributed by atoms with van der Waals surface area (Å²) in [4.78, 5) is 11.6. The highest BCUT2D eigenvalue weighted by Gasteiger charge is 2.28. The molecule has 1 fully saturated rings. The van der Waals surface area contributed by atoms with Gasteiger partial charge in [0.15, 0.2) is 0 Å². The van der Waals surface area contributed by atoms with Crippen molar-refractivity contribution in [3.63, 3.8) is 0 Å². The van der Waals surface area contributed by atoms with Crippen molar-refractivity contribution in [2.75, 3.05) is 13.1 Å². The molecular weight excluding hydrogens is 314 g/mol. The van der Waals surface area contributed by atoms with Crippen LogP contribution in [0.15, 0.2) is 36.5 Å². The number of carbonyl (C=O) groups is 1. The molecule has 0 atom stereocenters. The monoisotopic (exact) mass is 337 g/mol. The molecule has 0 radical (unpaired) electrons. The van der Waals surface area contributed by atoms with Gasteiger partial charge in [0.2, 0.25) is 5.91 Å². The van der Waals surface area contributed by atoms with Gasteiger partial charge in [-0.1, -0.05) is 30.3 Å². The molecule has 1 aromatic heterocycles. The predicted octanol–water partition coefficient (Wildman–Crippen LogP) is 2.08. The molecule has 0 unspecified atom stereocenters. The molecule has 0 bridgehead atoms. The molecule has 2 aromatic rings. The summed E-state index contributed by atoms with van der Waals surface area (Å²) in [6, 6.07) is 12.2. The van der Waals surface area contributed by atoms with Crippen molar-refractivity contribution < 1.29 is 4.79 Å². The Hall–Kier alpha value is -2.65. The molecule has 1 amide bonds. The van der Waals surface area contributed by atoms with Crippen molar-refractivity contribution in [2.24, 2.45) is 5.92 Å². The van der Waals surface area contributed by atoms with E-state index in [0.29, 0.717) is 26.1 Å². The second-order valence-electron chi connectivity index (χ2n) is 6.28. The summed E-state index contributed by atoms with van der Waals surface area (Å²) in [5, 5.41) is 19.7. The number of rotatable bonds is 9. The summed E-state index contributed by atoms with van der Waals surface area (Å²) in [5.74, 6) is 0.430. The normalized spacial score (nSPS) is 13.4. The third-order valence-electron chi connectivity index (χ3n) is 4.20. The third kappa shape index (κ3) is 4.91. The highest BCUT2D eigenvalue weighted by atomic mass is 16.2. The standard InChI is InChI=1S/C19H23N5O/c20-9-4-12-24-14-17(18(23-24)15-5-2-1-3-6-15)13-21-10-11-22-19(25)16-7-8-16/h1-3,5-6,14,16,21H,4,7-8,10-13H2,(H,22,25). The summed E-state index contributed by atoms with van der Waals surface area (Å²) in [7, 11) is 0. The van der Waals surface area contributed by atoms with Gasteiger partial charge in [-0.2, -0.15) is 10.4 Å². The average Bonchev–Trinajstić information content (AvgIpc) is 3.41. The number of aromatic nitrogens is 2. The largest absolute Gasteiger partial charge is 0.355 e. The lowest BCUT2D eigenvalue weighted by Crippen LogP contribution is -2.32. The number of aryl methyl sites for hydroxylation is 1. The van der Waals surface area contributed by atoms with Crippen molar-refractivity contribution >= 4 is 5.91 Å². The van der Waals surface area contributed by atoms with E-state index in [1.165, 1.54) is 0 Å². The molecular formula is C19H23N5O. The van der Waals surface area contributed by atoms with E-state index >= 15 is 0 Å². The van der Waals surface area contributed by atoms with Gasteiger partial charge in [-0.05, 0) is 12.8 Å². The summed E-state index contributed by atoms with van der Waals surface area (Å²) in [5.41, 5.74) is 3.10. The highest BCUT2D eigenvalue weighted by molar-refractivity contribution is 5.80. The van der Waals surface area contributed by atoms with Gasteiger partial charge in [-0.25, -0.2) is 0 Å². The molecule has 1 aliphatic carbocycles. The van der Waals surface area contributed by atoms with Crippen LogP contribution in [0.3, 0.4) is 0 Å². The fraction of sp³-hybridized carbons (Fsp3) is 0.421. The molecule has 130 valence electrons. The van der Waals surface area contributed by atoms with Crippen molar-refractivity contribution in [1.82, 2.24) is 20.4 Å². The third-order valence-corrected chi connectivity index (χ3v) is 4.20. The Labute approximate surface area is 147 Å². The molecule has 0 saturated heterocycles. The van der Waals surface area contributed by atoms with Crippen LogP contribution >= 0.6 is 0 Å². The van der Waals surface area contributed by atoms with E-state index in [-0.39, 0.29) is 11.8 Å². The Morgan fingerprint density at radius 3 is 2.80 bits per heavy atom. The van der Waals surface area contributed by atoms with E-state index < -0.39 is 0 Å². The first-order valence-electron chi connectivity index (χ1n) is 8.75. The molecule has 3 rings (SSSR count). The Balaban J connectivity index is 1.57. The first kappa shape index (κ1) is 17.2. The van der Waals surface area contributed by atoms with Crippen LogP contribution in [0.5, 0.6) is 0 Å². The van der Waals surface area contributed by atoms with Crippen molar-refractivity contribution in [3.05, 3.63) is 42.1 Å². The van der Waals surface area contributed by atoms with Crippen LogP contribution < -0.4 is 10.6 Å². The van der Waals surface area contributed by atoms with E-state index in [0.717, 1.165) is 36.2 Å². The van der Waals surface area contributed by atoms with Crippen LogP contribution in [0.25, 0.3) is 11.3 Å². The van der Waals surface area contributed by atoms with E-state index in [9.17, 15) is 4.79 Å². The number of benzene rings is 1. The molecule has 0 spiro atoms. The van der Waals surface area contributed by atoms with Gasteiger partial charge >= 0.3 is 0 Å². The summed E-state index contributed by atoms with van der Waals surface area (Å²) in [6.45, 7) is 2.62. The van der Waals surface area contributed by atoms with Crippen LogP contribution in [0.4, 0.5) is 0 Å². The molecule has 1 saturated carbocycles. The Bertz CT molecular complexity index is 743. The highest BCUT2D eigenvalue weighted by Crippen LogP contribution is 2.28. The summed E-state index contributed by atoms with van der Waals surface area (Å²) >= 11 is 0. The molecule has 2 N–H and O–H groups in total. The molecule has 1 heterocycles. The second kappa shape index (κ2) is 8.45. The number of hydrogen-bond donors (Lipinski definition) is 2. The SMILES string of the molecule is N#CCCn1cc(CNCCNC(=O)C2CC2)c(-c2ccccc2)n1. The quantitative estimate of drug-likeness (QED) is 0.686. The minimum Gasteiger partial charge on any atom is -0.355 e. The van der Waals surface area contributed by atoms with E-state index in [4.69, 9.17) is 5.26 Å². The van der Waals surface area contributed by atoms with Crippen LogP contribution in [0.1, 0.15) is 24.8 Å². The predicted molar refractivity (Wildman–Crippen MR) is 95.3 cm³/mol. The number of amides is 1. The molecule has 0 aliphatic heterocycles. The van der Waals surface area contributed by atoms with Gasteiger partial charge in [0.1, 0.15) is 0 Å². The van der Waals surface area contributed by atoms with E-state index in [2.05, 4.69) is 21.8 Å². The number of nitrogens with zero attached hydrogens (tertiary/aromatic N) is 3. The first-order valence-corrected chi connectivity index (χ1v) is 8.75. The van der Waals surface area contributed by atoms with Gasteiger partial charge in [-0.3, -0.25) is 9.48 Å². The van der Waals surface area contributed by atoms with Crippen LogP contribution in [-0.2, 0) is 17.9 Å². The van der Waals surface area contributed by atoms with Crippen molar-refractivity contribution in [2.45, 2.75) is 32.4 Å². The summed E-state index contributed by atoms with van der Waals surface area (Å²) < 4.78 is 1.83. The Kier molecular flexibility index (Phi) is 5.81. The van der Waals surface area contributed by atoms with Crippen LogP contribution in [-0.4, -0.2) is 28.8 Å². The van der Waals surface area contributed by atoms with E-state index in [1.807, 2.05) is 41.2 Å². The molecule has 6 heteroatoms. The van der Waals surface area contributed by atoms with Gasteiger partial charge < -0.3 is 10.6 Å². The second-order valence-corrected chi connectivity index (χ2v) is 6.28. The van der Waals surface area contributed by atoms with Gasteiger partial charge in [0.05, 0.1) is 24.7 Å². The number of hydrogen-bond acceptors (Lipinski definition) is 4. The van der Waals surface area contributed by atoms with E-state index in [1.54, 1.807) is 0 Å². The number of carbonyl (C=O) groups excluding carboxylic acids is 1. The molecule has 25 heavy (non-hydrogen) atoms. The summed E-state index contributed by atoms with van der Waals surface area (Å²) in [6.07, 6.45) is 4.49. The number of nitriles is 1. The maximum Gasteiger partial charge on any atom is 0.223 e. The number of nitrogens with one attached hydrogen (secondary N) is 2. The van der Waals surface area contributed by atoms with Gasteiger partial charge in [0.25, 0.3) is 0 Å².